The van der Waals surface area contributed by atoms with Crippen LogP contribution in [0.15, 0.2) is 10.9 Å². The molecule has 0 spiro atoms. The van der Waals surface area contributed by atoms with Gasteiger partial charge in [-0.2, -0.15) is 0 Å². The number of aromatic nitrogens is 3. The number of amides is 1. The summed E-state index contributed by atoms with van der Waals surface area (Å²) in [6, 6.07) is 1.45. The number of H-pyrrole nitrogens is 1. The van der Waals surface area contributed by atoms with Gasteiger partial charge in [0.15, 0.2) is 5.65 Å². The zero-order valence-electron chi connectivity index (χ0n) is 14.4. The number of aliphatic hydroxyl groups is 1. The fourth-order valence-electron chi connectivity index (χ4n) is 3.50. The van der Waals surface area contributed by atoms with Crippen LogP contribution >= 0.6 is 0 Å². The molecule has 7 nitrogen and oxygen atoms in total. The number of hydrogen-bond acceptors (Lipinski definition) is 4. The number of rotatable bonds is 3. The lowest BCUT2D eigenvalue weighted by Crippen LogP contribution is -2.43. The predicted molar refractivity (Wildman–Crippen MR) is 90.0 cm³/mol. The maximum atomic E-state index is 12.7. The number of likely N-dealkylation sites (tertiary alicyclic amines) is 1. The van der Waals surface area contributed by atoms with Gasteiger partial charge in [0, 0.05) is 42.0 Å². The van der Waals surface area contributed by atoms with E-state index in [4.69, 9.17) is 0 Å². The molecule has 0 radical (unpaired) electrons. The van der Waals surface area contributed by atoms with E-state index in [0.29, 0.717) is 12.2 Å². The molecule has 1 fully saturated rings. The summed E-state index contributed by atoms with van der Waals surface area (Å²) >= 11 is 0. The van der Waals surface area contributed by atoms with Gasteiger partial charge in [-0.15, -0.1) is 0 Å². The third kappa shape index (κ3) is 3.08. The highest BCUT2D eigenvalue weighted by atomic mass is 16.3. The van der Waals surface area contributed by atoms with E-state index in [1.165, 1.54) is 6.07 Å². The number of aromatic amines is 1. The number of fused-ring (bicyclic) bond motifs is 1. The summed E-state index contributed by atoms with van der Waals surface area (Å²) in [5.74, 6) is 0.188. The Balaban J connectivity index is 1.84. The molecule has 3 rings (SSSR count). The highest BCUT2D eigenvalue weighted by Gasteiger charge is 2.27. The van der Waals surface area contributed by atoms with E-state index in [1.54, 1.807) is 11.4 Å². The summed E-state index contributed by atoms with van der Waals surface area (Å²) in [4.78, 5) is 30.5. The van der Waals surface area contributed by atoms with Gasteiger partial charge >= 0.3 is 0 Å². The van der Waals surface area contributed by atoms with Gasteiger partial charge in [0.25, 0.3) is 5.56 Å². The number of aliphatic hydroxyl groups excluding tert-OH is 1. The Kier molecular flexibility index (Phi) is 4.45. The number of hydrogen-bond donors (Lipinski definition) is 2. The molecular formula is C17H24N4O3. The maximum Gasteiger partial charge on any atom is 0.266 e. The molecule has 2 unspecified atom stereocenters. The minimum Gasteiger partial charge on any atom is -0.393 e. The normalized spacial score (nSPS) is 19.7. The van der Waals surface area contributed by atoms with Crippen LogP contribution in [-0.4, -0.2) is 49.7 Å². The molecule has 1 aliphatic heterocycles. The van der Waals surface area contributed by atoms with E-state index >= 15 is 0 Å². The standard InChI is InChI=1S/C17H24N4O3/c1-10-14(11(2)21-15(18-10)8-16(23)19-21)7-17(24)20-6-4-5-13(9-20)12(3)22/h8,12-13,22H,4-7,9H2,1-3H3,(H,19,23). The van der Waals surface area contributed by atoms with Gasteiger partial charge in [0.05, 0.1) is 12.5 Å². The average molecular weight is 332 g/mol. The first-order valence-corrected chi connectivity index (χ1v) is 8.40. The van der Waals surface area contributed by atoms with Gasteiger partial charge < -0.3 is 10.0 Å². The third-order valence-corrected chi connectivity index (χ3v) is 5.02. The topological polar surface area (TPSA) is 90.7 Å². The first-order valence-electron chi connectivity index (χ1n) is 8.40. The smallest absolute Gasteiger partial charge is 0.266 e. The predicted octanol–water partition coefficient (Wildman–Crippen LogP) is 0.801. The summed E-state index contributed by atoms with van der Waals surface area (Å²) < 4.78 is 1.63. The largest absolute Gasteiger partial charge is 0.393 e. The molecule has 7 heteroatoms. The molecule has 2 aromatic heterocycles. The monoisotopic (exact) mass is 332 g/mol. The van der Waals surface area contributed by atoms with Crippen molar-refractivity contribution < 1.29 is 9.90 Å². The number of carbonyl (C=O) groups is 1. The van der Waals surface area contributed by atoms with Gasteiger partial charge in [-0.05, 0) is 33.6 Å². The number of nitrogens with one attached hydrogen (secondary N) is 1. The van der Waals surface area contributed by atoms with Crippen molar-refractivity contribution >= 4 is 11.6 Å². The van der Waals surface area contributed by atoms with Crippen LogP contribution in [0.5, 0.6) is 0 Å². The molecule has 0 aromatic carbocycles. The van der Waals surface area contributed by atoms with Gasteiger partial charge in [-0.1, -0.05) is 0 Å². The molecule has 2 N–H and O–H groups in total. The molecule has 1 saturated heterocycles. The quantitative estimate of drug-likeness (QED) is 0.870. The van der Waals surface area contributed by atoms with E-state index in [2.05, 4.69) is 10.1 Å². The molecule has 0 saturated carbocycles. The van der Waals surface area contributed by atoms with Crippen LogP contribution in [0, 0.1) is 19.8 Å². The van der Waals surface area contributed by atoms with E-state index < -0.39 is 6.10 Å². The molecule has 130 valence electrons. The summed E-state index contributed by atoms with van der Waals surface area (Å²) in [5.41, 5.74) is 2.81. The molecule has 1 aliphatic rings. The minimum atomic E-state index is -0.396. The van der Waals surface area contributed by atoms with Crippen molar-refractivity contribution in [3.63, 3.8) is 0 Å². The Morgan fingerprint density at radius 2 is 2.25 bits per heavy atom. The first kappa shape index (κ1) is 16.7. The molecule has 1 amide bonds. The van der Waals surface area contributed by atoms with Crippen LogP contribution in [0.2, 0.25) is 0 Å². The van der Waals surface area contributed by atoms with Crippen LogP contribution in [0.25, 0.3) is 5.65 Å². The summed E-state index contributed by atoms with van der Waals surface area (Å²) in [7, 11) is 0. The van der Waals surface area contributed by atoms with E-state index in [1.807, 2.05) is 18.7 Å². The second-order valence-corrected chi connectivity index (χ2v) is 6.73. The SMILES string of the molecule is Cc1nc2cc(=O)[nH]n2c(C)c1CC(=O)N1CCCC(C(C)O)C1. The lowest BCUT2D eigenvalue weighted by molar-refractivity contribution is -0.133. The van der Waals surface area contributed by atoms with Crippen molar-refractivity contribution in [2.45, 2.75) is 46.1 Å². The lowest BCUT2D eigenvalue weighted by Gasteiger charge is -2.34. The second-order valence-electron chi connectivity index (χ2n) is 6.73. The Labute approximate surface area is 140 Å². The molecule has 24 heavy (non-hydrogen) atoms. The van der Waals surface area contributed by atoms with Crippen molar-refractivity contribution in [2.24, 2.45) is 5.92 Å². The Hall–Kier alpha value is -2.15. The molecule has 2 atom stereocenters. The Morgan fingerprint density at radius 3 is 2.96 bits per heavy atom. The molecular weight excluding hydrogens is 308 g/mol. The van der Waals surface area contributed by atoms with Gasteiger partial charge in [0.2, 0.25) is 5.91 Å². The minimum absolute atomic E-state index is 0.0437. The second kappa shape index (κ2) is 6.39. The third-order valence-electron chi connectivity index (χ3n) is 5.02. The van der Waals surface area contributed by atoms with Crippen LogP contribution in [0.3, 0.4) is 0 Å². The van der Waals surface area contributed by atoms with Crippen molar-refractivity contribution in [3.8, 4) is 0 Å². The number of carbonyl (C=O) groups excluding carboxylic acids is 1. The average Bonchev–Trinajstić information content (AvgIpc) is 2.91. The Bertz CT molecular complexity index is 821. The number of nitrogens with zero attached hydrogens (tertiary/aromatic N) is 3. The maximum absolute atomic E-state index is 12.7. The highest BCUT2D eigenvalue weighted by molar-refractivity contribution is 5.79. The fourth-order valence-corrected chi connectivity index (χ4v) is 3.50. The van der Waals surface area contributed by atoms with Crippen molar-refractivity contribution in [1.82, 2.24) is 19.5 Å². The van der Waals surface area contributed by atoms with Crippen LogP contribution in [-0.2, 0) is 11.2 Å². The molecule has 0 aliphatic carbocycles. The van der Waals surface area contributed by atoms with Crippen LogP contribution in [0.1, 0.15) is 36.7 Å². The molecule has 0 bridgehead atoms. The van der Waals surface area contributed by atoms with E-state index in [9.17, 15) is 14.7 Å². The van der Waals surface area contributed by atoms with Crippen LogP contribution < -0.4 is 5.56 Å². The van der Waals surface area contributed by atoms with Gasteiger partial charge in [-0.3, -0.25) is 14.7 Å². The summed E-state index contributed by atoms with van der Waals surface area (Å²) in [6.45, 7) is 6.87. The molecule has 2 aromatic rings. The van der Waals surface area contributed by atoms with E-state index in [0.717, 1.165) is 36.3 Å². The van der Waals surface area contributed by atoms with Crippen molar-refractivity contribution in [2.75, 3.05) is 13.1 Å². The number of aryl methyl sites for hydroxylation is 2. The zero-order valence-corrected chi connectivity index (χ0v) is 14.4. The first-order chi connectivity index (χ1) is 11.4. The zero-order chi connectivity index (χ0) is 17.4. The van der Waals surface area contributed by atoms with E-state index in [-0.39, 0.29) is 23.8 Å². The van der Waals surface area contributed by atoms with Crippen molar-refractivity contribution in [3.05, 3.63) is 33.4 Å². The van der Waals surface area contributed by atoms with Crippen LogP contribution in [0.4, 0.5) is 0 Å². The number of piperidine rings is 1. The highest BCUT2D eigenvalue weighted by Crippen LogP contribution is 2.21. The van der Waals surface area contributed by atoms with Gasteiger partial charge in [-0.25, -0.2) is 9.50 Å². The Morgan fingerprint density at radius 1 is 1.50 bits per heavy atom. The fraction of sp³-hybridized carbons (Fsp3) is 0.588. The van der Waals surface area contributed by atoms with Gasteiger partial charge in [0.1, 0.15) is 0 Å². The molecule has 3 heterocycles. The van der Waals surface area contributed by atoms with Crippen molar-refractivity contribution in [1.29, 1.82) is 0 Å². The summed E-state index contributed by atoms with van der Waals surface area (Å²) in [6.07, 6.45) is 1.74. The summed E-state index contributed by atoms with van der Waals surface area (Å²) in [5, 5.41) is 12.5. The lowest BCUT2D eigenvalue weighted by atomic mass is 9.93.